The second kappa shape index (κ2) is 3.98. The lowest BCUT2D eigenvalue weighted by atomic mass is 10.2. The summed E-state index contributed by atoms with van der Waals surface area (Å²) in [5.41, 5.74) is -0.507. The van der Waals surface area contributed by atoms with Crippen LogP contribution in [-0.2, 0) is 9.53 Å². The van der Waals surface area contributed by atoms with Gasteiger partial charge in [0.1, 0.15) is 11.6 Å². The lowest BCUT2D eigenvalue weighted by Crippen LogP contribution is -2.40. The summed E-state index contributed by atoms with van der Waals surface area (Å²) in [4.78, 5) is 23.5. The quantitative estimate of drug-likeness (QED) is 0.641. The number of hydrogen-bond acceptors (Lipinski definition) is 3. The van der Waals surface area contributed by atoms with Crippen LogP contribution in [-0.4, -0.2) is 35.5 Å². The number of nitrogens with zero attached hydrogens (tertiary/aromatic N) is 1. The van der Waals surface area contributed by atoms with Gasteiger partial charge in [-0.25, -0.2) is 4.79 Å². The zero-order chi connectivity index (χ0) is 10.8. The van der Waals surface area contributed by atoms with E-state index in [9.17, 15) is 9.59 Å². The first-order chi connectivity index (χ1) is 6.44. The van der Waals surface area contributed by atoms with Crippen molar-refractivity contribution in [2.45, 2.75) is 45.3 Å². The van der Waals surface area contributed by atoms with Gasteiger partial charge in [-0.2, -0.15) is 0 Å². The molecule has 0 aliphatic carbocycles. The molecule has 0 spiro atoms. The molecule has 1 aliphatic rings. The van der Waals surface area contributed by atoms with Gasteiger partial charge in [0.05, 0.1) is 0 Å². The predicted octanol–water partition coefficient (Wildman–Crippen LogP) is 1.50. The lowest BCUT2D eigenvalue weighted by Gasteiger charge is -2.26. The highest BCUT2D eigenvalue weighted by Gasteiger charge is 2.32. The summed E-state index contributed by atoms with van der Waals surface area (Å²) in [5, 5.41) is 0. The average molecular weight is 198 g/mol. The van der Waals surface area contributed by atoms with Gasteiger partial charge >= 0.3 is 6.09 Å². The van der Waals surface area contributed by atoms with Crippen molar-refractivity contribution in [1.29, 1.82) is 0 Å². The monoisotopic (exact) mass is 198 g/mol. The van der Waals surface area contributed by atoms with Crippen molar-refractivity contribution in [3.05, 3.63) is 0 Å². The minimum absolute atomic E-state index is 0.412. The molecule has 0 aromatic carbocycles. The van der Waals surface area contributed by atoms with Gasteiger partial charge in [-0.15, -0.1) is 0 Å². The minimum Gasteiger partial charge on any atom is -0.444 e. The maximum Gasteiger partial charge on any atom is 0.410 e. The molecule has 1 radical (unpaired) electrons. The third kappa shape index (κ3) is 2.72. The molecule has 1 aliphatic heterocycles. The van der Waals surface area contributed by atoms with Crippen molar-refractivity contribution in [1.82, 2.24) is 4.90 Å². The van der Waals surface area contributed by atoms with E-state index in [4.69, 9.17) is 4.74 Å². The average Bonchev–Trinajstić information content (AvgIpc) is 2.47. The Balaban J connectivity index is 2.56. The molecule has 4 nitrogen and oxygen atoms in total. The van der Waals surface area contributed by atoms with Crippen LogP contribution in [0, 0.1) is 0 Å². The fourth-order valence-corrected chi connectivity index (χ4v) is 1.43. The molecule has 79 valence electrons. The van der Waals surface area contributed by atoms with Gasteiger partial charge in [0.2, 0.25) is 6.29 Å². The van der Waals surface area contributed by atoms with Gasteiger partial charge in [0.15, 0.2) is 0 Å². The lowest BCUT2D eigenvalue weighted by molar-refractivity contribution is 0.0264. The molecule has 1 saturated heterocycles. The van der Waals surface area contributed by atoms with Gasteiger partial charge in [-0.3, -0.25) is 9.69 Å². The van der Waals surface area contributed by atoms with E-state index >= 15 is 0 Å². The molecule has 14 heavy (non-hydrogen) atoms. The van der Waals surface area contributed by atoms with Crippen LogP contribution < -0.4 is 0 Å². The number of amides is 1. The van der Waals surface area contributed by atoms with Crippen LogP contribution in [0.15, 0.2) is 0 Å². The van der Waals surface area contributed by atoms with Crippen molar-refractivity contribution in [2.75, 3.05) is 6.54 Å². The van der Waals surface area contributed by atoms with Gasteiger partial charge in [-0.05, 0) is 33.6 Å². The minimum atomic E-state index is -0.507. The number of likely N-dealkylation sites (tertiary alicyclic amines) is 1. The first kappa shape index (κ1) is 11.0. The molecule has 1 fully saturated rings. The third-order valence-electron chi connectivity index (χ3n) is 2.02. The Morgan fingerprint density at radius 3 is 2.64 bits per heavy atom. The van der Waals surface area contributed by atoms with Crippen LogP contribution >= 0.6 is 0 Å². The van der Waals surface area contributed by atoms with Crippen LogP contribution in [0.25, 0.3) is 0 Å². The topological polar surface area (TPSA) is 46.6 Å². The molecule has 1 rings (SSSR count). The highest BCUT2D eigenvalue weighted by Crippen LogP contribution is 2.19. The molecule has 0 saturated carbocycles. The fraction of sp³-hybridized carbons (Fsp3) is 0.800. The van der Waals surface area contributed by atoms with Crippen LogP contribution in [0.1, 0.15) is 33.6 Å². The summed E-state index contributed by atoms with van der Waals surface area (Å²) >= 11 is 0. The van der Waals surface area contributed by atoms with Crippen molar-refractivity contribution in [3.63, 3.8) is 0 Å². The summed E-state index contributed by atoms with van der Waals surface area (Å²) in [6.07, 6.45) is 2.99. The Bertz CT molecular complexity index is 232. The van der Waals surface area contributed by atoms with Crippen LogP contribution in [0.3, 0.4) is 0 Å². The number of carbonyl (C=O) groups is 1. The molecular weight excluding hydrogens is 182 g/mol. The van der Waals surface area contributed by atoms with E-state index in [-0.39, 0.29) is 0 Å². The van der Waals surface area contributed by atoms with E-state index in [0.29, 0.717) is 13.0 Å². The second-order valence-electron chi connectivity index (χ2n) is 4.45. The molecule has 0 unspecified atom stereocenters. The van der Waals surface area contributed by atoms with Crippen molar-refractivity contribution in [2.24, 2.45) is 0 Å². The molecule has 1 amide bonds. The molecule has 0 N–H and O–H groups in total. The van der Waals surface area contributed by atoms with Crippen LogP contribution in [0.4, 0.5) is 4.79 Å². The summed E-state index contributed by atoms with van der Waals surface area (Å²) in [6.45, 7) is 6.01. The Labute approximate surface area is 84.2 Å². The number of carbonyl (C=O) groups excluding carboxylic acids is 2. The van der Waals surface area contributed by atoms with Crippen LogP contribution in [0.5, 0.6) is 0 Å². The first-order valence-electron chi connectivity index (χ1n) is 4.81. The molecule has 1 heterocycles. The zero-order valence-electron chi connectivity index (χ0n) is 8.87. The highest BCUT2D eigenvalue weighted by molar-refractivity contribution is 5.74. The van der Waals surface area contributed by atoms with E-state index in [1.807, 2.05) is 6.29 Å². The first-order valence-corrected chi connectivity index (χ1v) is 4.81. The van der Waals surface area contributed by atoms with E-state index in [0.717, 1.165) is 6.42 Å². The molecule has 0 bridgehead atoms. The molecule has 0 aromatic heterocycles. The summed E-state index contributed by atoms with van der Waals surface area (Å²) in [7, 11) is 0. The van der Waals surface area contributed by atoms with Gasteiger partial charge in [-0.1, -0.05) is 0 Å². The summed E-state index contributed by atoms with van der Waals surface area (Å²) < 4.78 is 5.16. The number of rotatable bonds is 1. The second-order valence-corrected chi connectivity index (χ2v) is 4.45. The van der Waals surface area contributed by atoms with E-state index < -0.39 is 17.7 Å². The number of hydrogen-bond donors (Lipinski definition) is 0. The SMILES string of the molecule is CC(C)(C)OC(=O)N1CCC[C@H]1[C]=O. The van der Waals surface area contributed by atoms with E-state index in [1.54, 1.807) is 20.8 Å². The normalized spacial score (nSPS) is 22.2. The Morgan fingerprint density at radius 2 is 2.14 bits per heavy atom. The van der Waals surface area contributed by atoms with Crippen LogP contribution in [0.2, 0.25) is 0 Å². The molecular formula is C10H16NO3. The third-order valence-corrected chi connectivity index (χ3v) is 2.02. The summed E-state index contributed by atoms with van der Waals surface area (Å²) in [5.74, 6) is 0. The molecule has 0 aromatic rings. The smallest absolute Gasteiger partial charge is 0.410 e. The highest BCUT2D eigenvalue weighted by atomic mass is 16.6. The van der Waals surface area contributed by atoms with Gasteiger partial charge < -0.3 is 4.74 Å². The standard InChI is InChI=1S/C10H16NO3/c1-10(2,3)14-9(13)11-6-4-5-8(11)7-12/h8H,4-6H2,1-3H3/t8-/m0/s1. The Morgan fingerprint density at radius 1 is 1.50 bits per heavy atom. The van der Waals surface area contributed by atoms with Crippen molar-refractivity contribution < 1.29 is 14.3 Å². The molecule has 1 atom stereocenters. The molecule has 4 heteroatoms. The zero-order valence-corrected chi connectivity index (χ0v) is 8.87. The largest absolute Gasteiger partial charge is 0.444 e. The van der Waals surface area contributed by atoms with Crippen molar-refractivity contribution >= 4 is 12.4 Å². The van der Waals surface area contributed by atoms with Gasteiger partial charge in [0, 0.05) is 6.54 Å². The van der Waals surface area contributed by atoms with E-state index in [1.165, 1.54) is 4.90 Å². The maximum absolute atomic E-state index is 11.6. The summed E-state index contributed by atoms with van der Waals surface area (Å²) in [6, 6.07) is -0.412. The Kier molecular flexibility index (Phi) is 3.13. The fourth-order valence-electron chi connectivity index (χ4n) is 1.43. The van der Waals surface area contributed by atoms with Crippen molar-refractivity contribution in [3.8, 4) is 0 Å². The predicted molar refractivity (Wildman–Crippen MR) is 51.7 cm³/mol. The number of ether oxygens (including phenoxy) is 1. The Hall–Kier alpha value is -1.06. The van der Waals surface area contributed by atoms with Gasteiger partial charge in [0.25, 0.3) is 0 Å². The maximum atomic E-state index is 11.6. The van der Waals surface area contributed by atoms with E-state index in [2.05, 4.69) is 0 Å².